The van der Waals surface area contributed by atoms with Crippen LogP contribution in [0.15, 0.2) is 6.07 Å². The first-order chi connectivity index (χ1) is 7.81. The lowest BCUT2D eigenvalue weighted by Crippen LogP contribution is -2.25. The van der Waals surface area contributed by atoms with Crippen LogP contribution in [0.3, 0.4) is 0 Å². The minimum atomic E-state index is 0.0628. The van der Waals surface area contributed by atoms with Gasteiger partial charge in [-0.2, -0.15) is 0 Å². The van der Waals surface area contributed by atoms with Gasteiger partial charge < -0.3 is 11.1 Å². The Balaban J connectivity index is 1.98. The Bertz CT molecular complexity index is 350. The van der Waals surface area contributed by atoms with Crippen LogP contribution in [-0.4, -0.2) is 19.0 Å². The molecular formula is C12H18N2OS. The molecule has 3 N–H and O–H groups in total. The summed E-state index contributed by atoms with van der Waals surface area (Å²) in [6.45, 7) is 1.30. The third-order valence-electron chi connectivity index (χ3n) is 2.89. The van der Waals surface area contributed by atoms with Gasteiger partial charge in [-0.1, -0.05) is 0 Å². The highest BCUT2D eigenvalue weighted by molar-refractivity contribution is 7.14. The summed E-state index contributed by atoms with van der Waals surface area (Å²) >= 11 is 1.66. The topological polar surface area (TPSA) is 55.1 Å². The van der Waals surface area contributed by atoms with Gasteiger partial charge >= 0.3 is 0 Å². The molecular weight excluding hydrogens is 220 g/mol. The average molecular weight is 238 g/mol. The van der Waals surface area contributed by atoms with E-state index >= 15 is 0 Å². The molecule has 2 rings (SSSR count). The van der Waals surface area contributed by atoms with E-state index in [9.17, 15) is 4.79 Å². The zero-order valence-electron chi connectivity index (χ0n) is 9.42. The number of aryl methyl sites for hydroxylation is 2. The summed E-state index contributed by atoms with van der Waals surface area (Å²) in [4.78, 5) is 14.1. The Kier molecular flexibility index (Phi) is 3.96. The van der Waals surface area contributed by atoms with Gasteiger partial charge in [0.05, 0.1) is 4.88 Å². The molecule has 1 aliphatic carbocycles. The van der Waals surface area contributed by atoms with E-state index in [4.69, 9.17) is 5.73 Å². The Hall–Kier alpha value is -0.870. The largest absolute Gasteiger partial charge is 0.351 e. The monoisotopic (exact) mass is 238 g/mol. The zero-order chi connectivity index (χ0) is 11.4. The summed E-state index contributed by atoms with van der Waals surface area (Å²) in [6, 6.07) is 2.07. The van der Waals surface area contributed by atoms with E-state index in [2.05, 4.69) is 11.4 Å². The number of hydrogen-bond acceptors (Lipinski definition) is 3. The third-order valence-corrected chi connectivity index (χ3v) is 4.12. The van der Waals surface area contributed by atoms with Gasteiger partial charge in [-0.15, -0.1) is 11.3 Å². The number of nitrogens with two attached hydrogens (primary N) is 1. The minimum Gasteiger partial charge on any atom is -0.351 e. The predicted octanol–water partition coefficient (Wildman–Crippen LogP) is 1.71. The molecule has 1 heterocycles. The number of carbonyl (C=O) groups excluding carboxylic acids is 1. The maximum atomic E-state index is 11.8. The maximum Gasteiger partial charge on any atom is 0.261 e. The fourth-order valence-corrected chi connectivity index (χ4v) is 3.16. The number of amides is 1. The highest BCUT2D eigenvalue weighted by Crippen LogP contribution is 2.29. The smallest absolute Gasteiger partial charge is 0.261 e. The molecule has 0 saturated carbocycles. The molecule has 1 aromatic rings. The van der Waals surface area contributed by atoms with Crippen molar-refractivity contribution in [1.82, 2.24) is 5.32 Å². The minimum absolute atomic E-state index is 0.0628. The SMILES string of the molecule is NCCCNC(=O)c1cc2c(s1)CCCC2. The van der Waals surface area contributed by atoms with Crippen molar-refractivity contribution in [3.8, 4) is 0 Å². The van der Waals surface area contributed by atoms with Gasteiger partial charge in [-0.3, -0.25) is 4.79 Å². The van der Waals surface area contributed by atoms with Crippen LogP contribution < -0.4 is 11.1 Å². The molecule has 1 aliphatic rings. The van der Waals surface area contributed by atoms with Crippen molar-refractivity contribution in [2.75, 3.05) is 13.1 Å². The normalized spacial score (nSPS) is 14.6. The zero-order valence-corrected chi connectivity index (χ0v) is 10.2. The van der Waals surface area contributed by atoms with E-state index in [0.29, 0.717) is 13.1 Å². The summed E-state index contributed by atoms with van der Waals surface area (Å²) < 4.78 is 0. The van der Waals surface area contributed by atoms with Gasteiger partial charge in [-0.05, 0) is 50.3 Å². The Morgan fingerprint density at radius 1 is 1.44 bits per heavy atom. The van der Waals surface area contributed by atoms with Crippen LogP contribution in [0.4, 0.5) is 0 Å². The van der Waals surface area contributed by atoms with E-state index < -0.39 is 0 Å². The van der Waals surface area contributed by atoms with Crippen LogP contribution in [0.1, 0.15) is 39.4 Å². The van der Waals surface area contributed by atoms with E-state index in [0.717, 1.165) is 24.1 Å². The number of fused-ring (bicyclic) bond motifs is 1. The van der Waals surface area contributed by atoms with Crippen LogP contribution in [0, 0.1) is 0 Å². The number of carbonyl (C=O) groups is 1. The highest BCUT2D eigenvalue weighted by Gasteiger charge is 2.16. The molecule has 88 valence electrons. The van der Waals surface area contributed by atoms with E-state index in [1.807, 2.05) is 0 Å². The quantitative estimate of drug-likeness (QED) is 0.785. The molecule has 3 nitrogen and oxygen atoms in total. The second kappa shape index (κ2) is 5.46. The number of rotatable bonds is 4. The summed E-state index contributed by atoms with van der Waals surface area (Å²) in [5.74, 6) is 0.0628. The average Bonchev–Trinajstić information content (AvgIpc) is 2.73. The van der Waals surface area contributed by atoms with Crippen LogP contribution >= 0.6 is 11.3 Å². The lowest BCUT2D eigenvalue weighted by molar-refractivity contribution is 0.0957. The van der Waals surface area contributed by atoms with Crippen LogP contribution in [-0.2, 0) is 12.8 Å². The van der Waals surface area contributed by atoms with Crippen molar-refractivity contribution in [3.63, 3.8) is 0 Å². The molecule has 0 saturated heterocycles. The van der Waals surface area contributed by atoms with E-state index in [1.165, 1.54) is 23.3 Å². The highest BCUT2D eigenvalue weighted by atomic mass is 32.1. The van der Waals surface area contributed by atoms with Gasteiger partial charge in [0.15, 0.2) is 0 Å². The van der Waals surface area contributed by atoms with Crippen molar-refractivity contribution >= 4 is 17.2 Å². The molecule has 16 heavy (non-hydrogen) atoms. The molecule has 4 heteroatoms. The first-order valence-corrected chi connectivity index (χ1v) is 6.73. The van der Waals surface area contributed by atoms with E-state index in [-0.39, 0.29) is 5.91 Å². The van der Waals surface area contributed by atoms with E-state index in [1.54, 1.807) is 11.3 Å². The fraction of sp³-hybridized carbons (Fsp3) is 0.583. The lowest BCUT2D eigenvalue weighted by atomic mass is 9.99. The Labute approximate surface area is 100 Å². The molecule has 0 radical (unpaired) electrons. The maximum absolute atomic E-state index is 11.8. The second-order valence-electron chi connectivity index (χ2n) is 4.16. The van der Waals surface area contributed by atoms with Crippen molar-refractivity contribution < 1.29 is 4.79 Å². The Morgan fingerprint density at radius 3 is 3.00 bits per heavy atom. The molecule has 0 unspecified atom stereocenters. The predicted molar refractivity (Wildman–Crippen MR) is 67.0 cm³/mol. The van der Waals surface area contributed by atoms with Gasteiger partial charge in [0, 0.05) is 11.4 Å². The molecule has 1 amide bonds. The van der Waals surface area contributed by atoms with Crippen molar-refractivity contribution in [2.24, 2.45) is 5.73 Å². The molecule has 0 bridgehead atoms. The van der Waals surface area contributed by atoms with Crippen molar-refractivity contribution in [1.29, 1.82) is 0 Å². The van der Waals surface area contributed by atoms with Crippen molar-refractivity contribution in [3.05, 3.63) is 21.4 Å². The van der Waals surface area contributed by atoms with Gasteiger partial charge in [0.25, 0.3) is 5.91 Å². The second-order valence-corrected chi connectivity index (χ2v) is 5.30. The first kappa shape index (κ1) is 11.6. The third kappa shape index (κ3) is 2.62. The number of hydrogen-bond donors (Lipinski definition) is 2. The summed E-state index contributed by atoms with van der Waals surface area (Å²) in [5, 5.41) is 2.90. The molecule has 0 aliphatic heterocycles. The molecule has 1 aromatic heterocycles. The number of thiophene rings is 1. The molecule has 0 fully saturated rings. The number of nitrogens with one attached hydrogen (secondary N) is 1. The van der Waals surface area contributed by atoms with Crippen molar-refractivity contribution in [2.45, 2.75) is 32.1 Å². The summed E-state index contributed by atoms with van der Waals surface area (Å²) in [5.41, 5.74) is 6.77. The lowest BCUT2D eigenvalue weighted by Gasteiger charge is -2.08. The van der Waals surface area contributed by atoms with Gasteiger partial charge in [0.1, 0.15) is 0 Å². The Morgan fingerprint density at radius 2 is 2.25 bits per heavy atom. The van der Waals surface area contributed by atoms with Gasteiger partial charge in [-0.25, -0.2) is 0 Å². The van der Waals surface area contributed by atoms with Gasteiger partial charge in [0.2, 0.25) is 0 Å². The first-order valence-electron chi connectivity index (χ1n) is 5.91. The molecule has 0 spiro atoms. The van der Waals surface area contributed by atoms with Crippen LogP contribution in [0.25, 0.3) is 0 Å². The summed E-state index contributed by atoms with van der Waals surface area (Å²) in [7, 11) is 0. The van der Waals surface area contributed by atoms with Crippen LogP contribution in [0.5, 0.6) is 0 Å². The van der Waals surface area contributed by atoms with Crippen LogP contribution in [0.2, 0.25) is 0 Å². The molecule has 0 aromatic carbocycles. The summed E-state index contributed by atoms with van der Waals surface area (Å²) in [6.07, 6.45) is 5.66. The standard InChI is InChI=1S/C12H18N2OS/c13-6-3-7-14-12(15)11-8-9-4-1-2-5-10(9)16-11/h8H,1-7,13H2,(H,14,15). The molecule has 0 atom stereocenters. The fourth-order valence-electron chi connectivity index (χ4n) is 1.99.